The third-order valence-corrected chi connectivity index (χ3v) is 5.55. The highest BCUT2D eigenvalue weighted by Gasteiger charge is 2.31. The summed E-state index contributed by atoms with van der Waals surface area (Å²) in [6, 6.07) is 19.5. The van der Waals surface area contributed by atoms with Gasteiger partial charge in [-0.25, -0.2) is 4.68 Å². The van der Waals surface area contributed by atoms with Gasteiger partial charge in [0.25, 0.3) is 5.91 Å². The molecule has 3 aromatic rings. The molecule has 1 aliphatic heterocycles. The van der Waals surface area contributed by atoms with Crippen LogP contribution in [0.25, 0.3) is 5.69 Å². The Balaban J connectivity index is 1.44. The lowest BCUT2D eigenvalue weighted by molar-refractivity contribution is -0.117. The van der Waals surface area contributed by atoms with Gasteiger partial charge in [-0.3, -0.25) is 9.59 Å². The summed E-state index contributed by atoms with van der Waals surface area (Å²) in [6.45, 7) is 1.24. The van der Waals surface area contributed by atoms with E-state index in [4.69, 9.17) is 0 Å². The third-order valence-electron chi connectivity index (χ3n) is 5.55. The van der Waals surface area contributed by atoms with Crippen LogP contribution in [-0.4, -0.2) is 33.0 Å². The molecule has 1 saturated carbocycles. The van der Waals surface area contributed by atoms with Crippen molar-refractivity contribution < 1.29 is 9.59 Å². The lowest BCUT2D eigenvalue weighted by Crippen LogP contribution is -2.36. The molecule has 29 heavy (non-hydrogen) atoms. The fourth-order valence-corrected chi connectivity index (χ4v) is 3.75. The summed E-state index contributed by atoms with van der Waals surface area (Å²) in [5.41, 5.74) is 3.63. The quantitative estimate of drug-likeness (QED) is 0.747. The topological polar surface area (TPSA) is 67.2 Å². The number of anilines is 1. The van der Waals surface area contributed by atoms with Gasteiger partial charge in [0.2, 0.25) is 5.91 Å². The van der Waals surface area contributed by atoms with Gasteiger partial charge >= 0.3 is 0 Å². The zero-order valence-corrected chi connectivity index (χ0v) is 16.0. The average Bonchev–Trinajstić information content (AvgIpc) is 3.54. The lowest BCUT2D eigenvalue weighted by Gasteiger charge is -2.28. The second-order valence-electron chi connectivity index (χ2n) is 7.67. The first kappa shape index (κ1) is 17.7. The SMILES string of the molecule is O=C(Nc1cc(C(=O)N2CCc3ccccc3C2)nn1-c1ccccc1)C1CC1. The maximum Gasteiger partial charge on any atom is 0.274 e. The standard InChI is InChI=1S/C23H22N4O2/c28-22(17-10-11-17)24-21-14-20(25-27(21)19-8-2-1-3-9-19)23(29)26-13-12-16-6-4-5-7-18(16)15-26/h1-9,14,17H,10-13,15H2,(H,24,28). The summed E-state index contributed by atoms with van der Waals surface area (Å²) in [5.74, 6) is 0.491. The molecule has 6 nitrogen and oxygen atoms in total. The Morgan fingerprint density at radius 1 is 0.966 bits per heavy atom. The minimum absolute atomic E-state index is 0.00650. The van der Waals surface area contributed by atoms with Crippen LogP contribution in [0.1, 0.15) is 34.5 Å². The molecule has 2 heterocycles. The van der Waals surface area contributed by atoms with Gasteiger partial charge in [0.15, 0.2) is 5.69 Å². The first-order valence-electron chi connectivity index (χ1n) is 10.0. The van der Waals surface area contributed by atoms with E-state index in [1.165, 1.54) is 11.1 Å². The van der Waals surface area contributed by atoms with E-state index in [1.54, 1.807) is 10.7 Å². The maximum absolute atomic E-state index is 13.2. The summed E-state index contributed by atoms with van der Waals surface area (Å²) in [7, 11) is 0. The number of nitrogens with zero attached hydrogens (tertiary/aromatic N) is 3. The van der Waals surface area contributed by atoms with Gasteiger partial charge in [0.1, 0.15) is 5.82 Å². The normalized spacial score (nSPS) is 15.7. The van der Waals surface area contributed by atoms with Crippen LogP contribution in [0.2, 0.25) is 0 Å². The molecule has 0 radical (unpaired) electrons. The van der Waals surface area contributed by atoms with Gasteiger partial charge in [-0.05, 0) is 42.5 Å². The van der Waals surface area contributed by atoms with Crippen molar-refractivity contribution in [2.24, 2.45) is 5.92 Å². The molecule has 0 unspecified atom stereocenters. The molecule has 1 aliphatic carbocycles. The van der Waals surface area contributed by atoms with Crippen molar-refractivity contribution in [3.63, 3.8) is 0 Å². The Kier molecular flexibility index (Phi) is 4.39. The molecule has 0 atom stereocenters. The Hall–Kier alpha value is -3.41. The molecule has 0 spiro atoms. The first-order chi connectivity index (χ1) is 14.2. The maximum atomic E-state index is 13.2. The summed E-state index contributed by atoms with van der Waals surface area (Å²) in [4.78, 5) is 27.3. The van der Waals surface area contributed by atoms with Crippen LogP contribution in [0.5, 0.6) is 0 Å². The van der Waals surface area contributed by atoms with E-state index < -0.39 is 0 Å². The van der Waals surface area contributed by atoms with Crippen molar-refractivity contribution in [3.05, 3.63) is 77.5 Å². The molecule has 2 aliphatic rings. The summed E-state index contributed by atoms with van der Waals surface area (Å²) >= 11 is 0. The van der Waals surface area contributed by atoms with Gasteiger partial charge in [-0.15, -0.1) is 0 Å². The van der Waals surface area contributed by atoms with E-state index in [2.05, 4.69) is 22.5 Å². The predicted molar refractivity (Wildman–Crippen MR) is 110 cm³/mol. The number of carbonyl (C=O) groups is 2. The molecule has 6 heteroatoms. The van der Waals surface area contributed by atoms with E-state index in [9.17, 15) is 9.59 Å². The number of hydrogen-bond acceptors (Lipinski definition) is 3. The fourth-order valence-electron chi connectivity index (χ4n) is 3.75. The molecule has 1 aromatic heterocycles. The summed E-state index contributed by atoms with van der Waals surface area (Å²) in [5, 5.41) is 7.51. The van der Waals surface area contributed by atoms with Crippen molar-refractivity contribution >= 4 is 17.6 Å². The van der Waals surface area contributed by atoms with Crippen LogP contribution in [-0.2, 0) is 17.8 Å². The van der Waals surface area contributed by atoms with Crippen LogP contribution >= 0.6 is 0 Å². The molecule has 5 rings (SSSR count). The average molecular weight is 386 g/mol. The second-order valence-corrected chi connectivity index (χ2v) is 7.67. The number of aromatic nitrogens is 2. The zero-order valence-electron chi connectivity index (χ0n) is 16.0. The summed E-state index contributed by atoms with van der Waals surface area (Å²) in [6.07, 6.45) is 2.68. The van der Waals surface area contributed by atoms with Gasteiger partial charge in [0.05, 0.1) is 5.69 Å². The molecule has 2 amide bonds. The molecule has 0 bridgehead atoms. The smallest absolute Gasteiger partial charge is 0.274 e. The highest BCUT2D eigenvalue weighted by atomic mass is 16.2. The van der Waals surface area contributed by atoms with E-state index in [1.807, 2.05) is 47.4 Å². The van der Waals surface area contributed by atoms with Gasteiger partial charge in [-0.1, -0.05) is 42.5 Å². The molecule has 1 fully saturated rings. The fraction of sp³-hybridized carbons (Fsp3) is 0.261. The molecule has 146 valence electrons. The van der Waals surface area contributed by atoms with Crippen LogP contribution in [0, 0.1) is 5.92 Å². The number of fused-ring (bicyclic) bond motifs is 1. The monoisotopic (exact) mass is 386 g/mol. The van der Waals surface area contributed by atoms with E-state index >= 15 is 0 Å². The van der Waals surface area contributed by atoms with Crippen molar-refractivity contribution in [2.45, 2.75) is 25.8 Å². The van der Waals surface area contributed by atoms with E-state index in [0.717, 1.165) is 24.9 Å². The minimum atomic E-state index is -0.115. The van der Waals surface area contributed by atoms with Gasteiger partial charge in [-0.2, -0.15) is 5.10 Å². The van der Waals surface area contributed by atoms with Crippen molar-refractivity contribution in [1.29, 1.82) is 0 Å². The van der Waals surface area contributed by atoms with Crippen molar-refractivity contribution in [2.75, 3.05) is 11.9 Å². The molecule has 0 saturated heterocycles. The number of carbonyl (C=O) groups excluding carboxylic acids is 2. The van der Waals surface area contributed by atoms with E-state index in [-0.39, 0.29) is 17.7 Å². The van der Waals surface area contributed by atoms with Crippen LogP contribution in [0.15, 0.2) is 60.7 Å². The molecular formula is C23H22N4O2. The number of benzene rings is 2. The Bertz CT molecular complexity index is 1070. The van der Waals surface area contributed by atoms with Gasteiger partial charge in [0, 0.05) is 25.1 Å². The minimum Gasteiger partial charge on any atom is -0.333 e. The highest BCUT2D eigenvalue weighted by Crippen LogP contribution is 2.31. The predicted octanol–water partition coefficient (Wildman–Crippen LogP) is 3.42. The lowest BCUT2D eigenvalue weighted by atomic mass is 10.00. The second kappa shape index (κ2) is 7.20. The van der Waals surface area contributed by atoms with Crippen molar-refractivity contribution in [3.8, 4) is 5.69 Å². The number of rotatable bonds is 4. The Morgan fingerprint density at radius 2 is 1.69 bits per heavy atom. The number of para-hydroxylation sites is 1. The largest absolute Gasteiger partial charge is 0.333 e. The van der Waals surface area contributed by atoms with Gasteiger partial charge < -0.3 is 10.2 Å². The molecule has 1 N–H and O–H groups in total. The number of nitrogens with one attached hydrogen (secondary N) is 1. The first-order valence-corrected chi connectivity index (χ1v) is 10.0. The van der Waals surface area contributed by atoms with Crippen LogP contribution < -0.4 is 5.32 Å². The zero-order chi connectivity index (χ0) is 19.8. The summed E-state index contributed by atoms with van der Waals surface area (Å²) < 4.78 is 1.64. The van der Waals surface area contributed by atoms with Crippen molar-refractivity contribution in [1.82, 2.24) is 14.7 Å². The van der Waals surface area contributed by atoms with Crippen LogP contribution in [0.3, 0.4) is 0 Å². The Morgan fingerprint density at radius 3 is 2.45 bits per heavy atom. The number of hydrogen-bond donors (Lipinski definition) is 1. The number of amides is 2. The van der Waals surface area contributed by atoms with Crippen LogP contribution in [0.4, 0.5) is 5.82 Å². The Labute approximate surface area is 169 Å². The highest BCUT2D eigenvalue weighted by molar-refractivity contribution is 5.97. The molecule has 2 aromatic carbocycles. The molecular weight excluding hydrogens is 364 g/mol. The van der Waals surface area contributed by atoms with E-state index in [0.29, 0.717) is 24.6 Å². The third kappa shape index (κ3) is 3.53.